The van der Waals surface area contributed by atoms with Gasteiger partial charge in [0.25, 0.3) is 0 Å². The lowest BCUT2D eigenvalue weighted by atomic mass is 9.76. The maximum absolute atomic E-state index is 13.0. The number of anilines is 1. The van der Waals surface area contributed by atoms with Gasteiger partial charge in [-0.1, -0.05) is 73.7 Å². The van der Waals surface area contributed by atoms with Crippen molar-refractivity contribution < 1.29 is 28.5 Å². The van der Waals surface area contributed by atoms with Crippen LogP contribution >= 0.6 is 0 Å². The van der Waals surface area contributed by atoms with Crippen molar-refractivity contribution in [3.8, 4) is 0 Å². The zero-order valence-corrected chi connectivity index (χ0v) is 23.7. The van der Waals surface area contributed by atoms with E-state index in [9.17, 15) is 14.4 Å². The van der Waals surface area contributed by atoms with Crippen LogP contribution in [-0.4, -0.2) is 47.4 Å². The molecule has 0 radical (unpaired) electrons. The molecule has 4 aromatic rings. The Bertz CT molecular complexity index is 1580. The molecule has 43 heavy (non-hydrogen) atoms. The van der Waals surface area contributed by atoms with Crippen LogP contribution < -0.4 is 11.4 Å². The first-order valence-electron chi connectivity index (χ1n) is 13.9. The zero-order chi connectivity index (χ0) is 30.2. The lowest BCUT2D eigenvalue weighted by Gasteiger charge is -2.35. The van der Waals surface area contributed by atoms with Crippen molar-refractivity contribution >= 4 is 17.8 Å². The smallest absolute Gasteiger partial charge is 0.351 e. The molecule has 1 aliphatic rings. The van der Waals surface area contributed by atoms with Crippen molar-refractivity contribution in [3.05, 3.63) is 130 Å². The van der Waals surface area contributed by atoms with Crippen LogP contribution in [0.1, 0.15) is 39.4 Å². The Morgan fingerprint density at radius 1 is 0.860 bits per heavy atom. The Morgan fingerprint density at radius 3 is 2.05 bits per heavy atom. The fourth-order valence-electron chi connectivity index (χ4n) is 5.21. The molecule has 1 aliphatic heterocycles. The Morgan fingerprint density at radius 2 is 1.44 bits per heavy atom. The standard InChI is InChI=1S/C33H33N3O7/c1-33(22-42-30(38)25-15-9-4-10-16-25)26(20-41-29(37)24-13-7-3-8-14-24)27(21-40-19-23-11-5-2-6-12-23)43-31(33)36-18-17-28(34)35-32(36)39/h2-18,26-27,31H,19-22H2,1H3,(H2,34,35,39). The monoisotopic (exact) mass is 583 g/mol. The summed E-state index contributed by atoms with van der Waals surface area (Å²) in [5.41, 5.74) is 5.82. The quantitative estimate of drug-likeness (QED) is 0.257. The summed E-state index contributed by atoms with van der Waals surface area (Å²) in [4.78, 5) is 42.8. The number of hydrogen-bond acceptors (Lipinski definition) is 9. The van der Waals surface area contributed by atoms with Gasteiger partial charge in [0.15, 0.2) is 0 Å². The molecule has 4 unspecified atom stereocenters. The average Bonchev–Trinajstić information content (AvgIpc) is 3.30. The van der Waals surface area contributed by atoms with Crippen molar-refractivity contribution in [2.45, 2.75) is 25.9 Å². The highest BCUT2D eigenvalue weighted by atomic mass is 16.6. The summed E-state index contributed by atoms with van der Waals surface area (Å²) >= 11 is 0. The molecule has 0 aliphatic carbocycles. The summed E-state index contributed by atoms with van der Waals surface area (Å²) in [5.74, 6) is -1.53. The molecule has 1 saturated heterocycles. The molecule has 222 valence electrons. The highest BCUT2D eigenvalue weighted by Crippen LogP contribution is 2.50. The number of rotatable bonds is 11. The largest absolute Gasteiger partial charge is 0.462 e. The van der Waals surface area contributed by atoms with Gasteiger partial charge in [0.1, 0.15) is 18.7 Å². The SMILES string of the molecule is CC1(COC(=O)c2ccccc2)C(COC(=O)c2ccccc2)C(COCc2ccccc2)OC1n1ccc(N)nc1=O. The molecule has 0 bridgehead atoms. The van der Waals surface area contributed by atoms with Gasteiger partial charge in [-0.05, 0) is 35.9 Å². The van der Waals surface area contributed by atoms with Gasteiger partial charge in [-0.2, -0.15) is 4.98 Å². The summed E-state index contributed by atoms with van der Waals surface area (Å²) in [6.07, 6.45) is -0.0862. The van der Waals surface area contributed by atoms with Crippen molar-refractivity contribution in [3.63, 3.8) is 0 Å². The second kappa shape index (κ2) is 13.5. The molecule has 2 N–H and O–H groups in total. The van der Waals surface area contributed by atoms with Crippen LogP contribution in [0.2, 0.25) is 0 Å². The van der Waals surface area contributed by atoms with Gasteiger partial charge in [0, 0.05) is 12.1 Å². The molecule has 0 saturated carbocycles. The summed E-state index contributed by atoms with van der Waals surface area (Å²) < 4.78 is 25.5. The van der Waals surface area contributed by atoms with Gasteiger partial charge < -0.3 is 24.7 Å². The number of nitrogens with two attached hydrogens (primary N) is 1. The number of esters is 2. The molecular weight excluding hydrogens is 550 g/mol. The van der Waals surface area contributed by atoms with E-state index in [4.69, 9.17) is 24.7 Å². The maximum Gasteiger partial charge on any atom is 0.351 e. The van der Waals surface area contributed by atoms with Gasteiger partial charge in [-0.15, -0.1) is 0 Å². The van der Waals surface area contributed by atoms with Gasteiger partial charge >= 0.3 is 17.6 Å². The summed E-state index contributed by atoms with van der Waals surface area (Å²) in [5, 5.41) is 0. The van der Waals surface area contributed by atoms with E-state index < -0.39 is 41.3 Å². The maximum atomic E-state index is 13.0. The fraction of sp³-hybridized carbons (Fsp3) is 0.273. The first kappa shape index (κ1) is 29.7. The molecule has 1 aromatic heterocycles. The number of nitrogen functional groups attached to an aromatic ring is 1. The number of carbonyl (C=O) groups is 2. The van der Waals surface area contributed by atoms with Gasteiger partial charge in [-0.3, -0.25) is 4.57 Å². The number of hydrogen-bond donors (Lipinski definition) is 1. The molecule has 5 rings (SSSR count). The summed E-state index contributed by atoms with van der Waals surface area (Å²) in [6.45, 7) is 2.05. The second-order valence-corrected chi connectivity index (χ2v) is 10.6. The van der Waals surface area contributed by atoms with Crippen molar-refractivity contribution in [1.82, 2.24) is 9.55 Å². The normalized spacial score (nSPS) is 21.3. The Labute approximate surface area is 249 Å². The molecule has 0 amide bonds. The Kier molecular flexibility index (Phi) is 9.29. The highest BCUT2D eigenvalue weighted by molar-refractivity contribution is 5.89. The van der Waals surface area contributed by atoms with E-state index in [0.29, 0.717) is 17.7 Å². The Hall–Kier alpha value is -4.80. The van der Waals surface area contributed by atoms with Crippen molar-refractivity contribution in [2.24, 2.45) is 11.3 Å². The van der Waals surface area contributed by atoms with E-state index >= 15 is 0 Å². The number of ether oxygens (including phenoxy) is 4. The molecule has 3 aromatic carbocycles. The molecule has 1 fully saturated rings. The van der Waals surface area contributed by atoms with E-state index in [1.54, 1.807) is 54.6 Å². The third-order valence-electron chi connectivity index (χ3n) is 7.59. The van der Waals surface area contributed by atoms with Gasteiger partial charge in [0.05, 0.1) is 42.5 Å². The van der Waals surface area contributed by atoms with Crippen LogP contribution in [0.25, 0.3) is 0 Å². The predicted molar refractivity (Wildman–Crippen MR) is 158 cm³/mol. The fourth-order valence-corrected chi connectivity index (χ4v) is 5.21. The van der Waals surface area contributed by atoms with Crippen LogP contribution in [0.5, 0.6) is 0 Å². The molecule has 10 nitrogen and oxygen atoms in total. The second-order valence-electron chi connectivity index (χ2n) is 10.6. The van der Waals surface area contributed by atoms with Crippen molar-refractivity contribution in [2.75, 3.05) is 25.6 Å². The van der Waals surface area contributed by atoms with Crippen LogP contribution in [0.3, 0.4) is 0 Å². The first-order valence-corrected chi connectivity index (χ1v) is 13.9. The molecular formula is C33H33N3O7. The summed E-state index contributed by atoms with van der Waals surface area (Å²) in [6, 6.07) is 28.4. The van der Waals surface area contributed by atoms with Gasteiger partial charge in [0.2, 0.25) is 0 Å². The van der Waals surface area contributed by atoms with Crippen molar-refractivity contribution in [1.29, 1.82) is 0 Å². The minimum atomic E-state index is -1.05. The van der Waals surface area contributed by atoms with E-state index in [1.165, 1.54) is 16.8 Å². The first-order chi connectivity index (χ1) is 20.8. The lowest BCUT2D eigenvalue weighted by Crippen LogP contribution is -2.43. The number of carbonyl (C=O) groups excluding carboxylic acids is 2. The Balaban J connectivity index is 1.45. The predicted octanol–water partition coefficient (Wildman–Crippen LogP) is 4.28. The average molecular weight is 584 g/mol. The molecule has 4 atom stereocenters. The highest BCUT2D eigenvalue weighted by Gasteiger charge is 2.56. The van der Waals surface area contributed by atoms with Gasteiger partial charge in [-0.25, -0.2) is 14.4 Å². The zero-order valence-electron chi connectivity index (χ0n) is 23.7. The topological polar surface area (TPSA) is 132 Å². The van der Waals surface area contributed by atoms with E-state index in [-0.39, 0.29) is 25.6 Å². The van der Waals surface area contributed by atoms with Crippen LogP contribution in [0.15, 0.2) is 108 Å². The number of nitrogens with zero attached hydrogens (tertiary/aromatic N) is 2. The minimum Gasteiger partial charge on any atom is -0.462 e. The number of benzene rings is 3. The van der Waals surface area contributed by atoms with E-state index in [2.05, 4.69) is 4.98 Å². The van der Waals surface area contributed by atoms with Crippen LogP contribution in [0, 0.1) is 11.3 Å². The minimum absolute atomic E-state index is 0.0625. The third kappa shape index (κ3) is 6.99. The molecule has 10 heteroatoms. The molecule has 2 heterocycles. The van der Waals surface area contributed by atoms with Crippen LogP contribution in [-0.2, 0) is 25.6 Å². The lowest BCUT2D eigenvalue weighted by molar-refractivity contribution is -0.0767. The number of aromatic nitrogens is 2. The van der Waals surface area contributed by atoms with E-state index in [1.807, 2.05) is 43.3 Å². The van der Waals surface area contributed by atoms with E-state index in [0.717, 1.165) is 5.56 Å². The third-order valence-corrected chi connectivity index (χ3v) is 7.59. The van der Waals surface area contributed by atoms with Crippen LogP contribution in [0.4, 0.5) is 5.82 Å². The summed E-state index contributed by atoms with van der Waals surface area (Å²) in [7, 11) is 0. The molecule has 0 spiro atoms.